The van der Waals surface area contributed by atoms with Gasteiger partial charge >= 0.3 is 0 Å². The Morgan fingerprint density at radius 3 is 0.881 bits per heavy atom. The number of nitrogens with zero attached hydrogens (tertiary/aromatic N) is 12. The first-order valence-corrected chi connectivity index (χ1v) is 48.2. The second-order valence-electron chi connectivity index (χ2n) is 36.2. The fourth-order valence-corrected chi connectivity index (χ4v) is 21.2. The van der Waals surface area contributed by atoms with Crippen molar-refractivity contribution in [2.24, 2.45) is 0 Å². The van der Waals surface area contributed by atoms with Gasteiger partial charge in [0.25, 0.3) is 0 Å². The summed E-state index contributed by atoms with van der Waals surface area (Å²) in [7, 11) is 0. The zero-order valence-corrected chi connectivity index (χ0v) is 77.2. The second kappa shape index (κ2) is 35.0. The van der Waals surface area contributed by atoms with Crippen molar-refractivity contribution in [1.29, 1.82) is 0 Å². The zero-order chi connectivity index (χ0) is 94.4. The van der Waals surface area contributed by atoms with Crippen LogP contribution in [0.15, 0.2) is 497 Å². The minimum absolute atomic E-state index is 0.624. The summed E-state index contributed by atoms with van der Waals surface area (Å²) in [6.45, 7) is 0. The van der Waals surface area contributed by atoms with Crippen LogP contribution in [-0.4, -0.2) is 58.6 Å². The third kappa shape index (κ3) is 14.7. The molecule has 0 unspecified atom stereocenters. The smallest absolute Gasteiger partial charge is 0.235 e. The van der Waals surface area contributed by atoms with Crippen LogP contribution in [0, 0.1) is 0 Å². The topological polar surface area (TPSA) is 131 Å². The molecule has 0 N–H and O–H groups in total. The summed E-state index contributed by atoms with van der Waals surface area (Å²) in [4.78, 5) is 46.6. The van der Waals surface area contributed by atoms with Crippen molar-refractivity contribution in [1.82, 2.24) is 58.6 Å². The van der Waals surface area contributed by atoms with Gasteiger partial charge in [0, 0.05) is 87.7 Å². The highest BCUT2D eigenvalue weighted by molar-refractivity contribution is 6.31. The molecule has 12 nitrogen and oxygen atoms in total. The average Bonchev–Trinajstić information content (AvgIpc) is 1.56. The number of para-hydroxylation sites is 2. The Hall–Kier alpha value is -19.4. The largest absolute Gasteiger partial charge is 0.309 e. The quantitative estimate of drug-likeness (QED) is 0.117. The summed E-state index contributed by atoms with van der Waals surface area (Å²) in [5, 5.41) is 24.1. The molecule has 12 heteroatoms. The summed E-state index contributed by atoms with van der Waals surface area (Å²) in [6.07, 6.45) is 0. The van der Waals surface area contributed by atoms with Gasteiger partial charge in [0.15, 0.2) is 23.3 Å². The van der Waals surface area contributed by atoms with Crippen LogP contribution in [0.3, 0.4) is 0 Å². The molecule has 0 atom stereocenters. The first-order valence-electron chi connectivity index (χ1n) is 48.2. The van der Waals surface area contributed by atoms with Crippen LogP contribution in [-0.2, 0) is 0 Å². The Bertz CT molecular complexity index is 9720. The molecule has 0 saturated carbocycles. The minimum atomic E-state index is 0.624. The highest BCUT2D eigenvalue weighted by Gasteiger charge is 2.27. The molecule has 8 heterocycles. The number of hydrogen-bond acceptors (Lipinski definition) is 9. The highest BCUT2D eigenvalue weighted by Crippen LogP contribution is 2.48. The first-order chi connectivity index (χ1) is 70.9. The van der Waals surface area contributed by atoms with E-state index in [0.29, 0.717) is 29.2 Å². The molecule has 0 fully saturated rings. The van der Waals surface area contributed by atoms with Gasteiger partial charge < -0.3 is 4.57 Å². The molecule has 143 heavy (non-hydrogen) atoms. The molecule has 0 aliphatic heterocycles. The Morgan fingerprint density at radius 2 is 0.469 bits per heavy atom. The first kappa shape index (κ1) is 83.0. The van der Waals surface area contributed by atoms with Crippen molar-refractivity contribution in [3.63, 3.8) is 0 Å². The van der Waals surface area contributed by atoms with Crippen molar-refractivity contribution in [3.8, 4) is 119 Å². The van der Waals surface area contributed by atoms with Gasteiger partial charge in [0.2, 0.25) is 5.95 Å². The van der Waals surface area contributed by atoms with E-state index in [2.05, 4.69) is 390 Å². The van der Waals surface area contributed by atoms with Gasteiger partial charge in [0.1, 0.15) is 11.5 Å². The Balaban J connectivity index is 0.000000107. The van der Waals surface area contributed by atoms with Gasteiger partial charge in [-0.2, -0.15) is 0 Å². The number of pyridine rings is 2. The van der Waals surface area contributed by atoms with E-state index in [1.54, 1.807) is 0 Å². The number of rotatable bonds is 12. The van der Waals surface area contributed by atoms with E-state index in [4.69, 9.17) is 44.9 Å². The predicted octanol–water partition coefficient (Wildman–Crippen LogP) is 33.1. The molecule has 8 aromatic heterocycles. The van der Waals surface area contributed by atoms with E-state index in [-0.39, 0.29) is 0 Å². The van der Waals surface area contributed by atoms with Gasteiger partial charge in [-0.1, -0.05) is 406 Å². The number of benzene rings is 21. The van der Waals surface area contributed by atoms with Crippen LogP contribution in [0.25, 0.3) is 271 Å². The van der Waals surface area contributed by atoms with Crippen molar-refractivity contribution in [3.05, 3.63) is 497 Å². The maximum Gasteiger partial charge on any atom is 0.235 e. The van der Waals surface area contributed by atoms with Crippen LogP contribution in [0.4, 0.5) is 0 Å². The van der Waals surface area contributed by atoms with Gasteiger partial charge in [0.05, 0.1) is 66.9 Å². The maximum absolute atomic E-state index is 5.33. The Kier molecular flexibility index (Phi) is 20.3. The minimum Gasteiger partial charge on any atom is -0.309 e. The Labute approximate surface area is 821 Å². The third-order valence-electron chi connectivity index (χ3n) is 27.8. The van der Waals surface area contributed by atoms with E-state index >= 15 is 0 Å². The lowest BCUT2D eigenvalue weighted by atomic mass is 10.00. The molecular formula is C131H82N12. The second-order valence-corrected chi connectivity index (χ2v) is 36.2. The fraction of sp³-hybridized carbons (Fsp3) is 0. The average molecular weight is 1820 g/mol. The van der Waals surface area contributed by atoms with Crippen molar-refractivity contribution < 1.29 is 0 Å². The van der Waals surface area contributed by atoms with Gasteiger partial charge in [-0.25, -0.2) is 44.9 Å². The van der Waals surface area contributed by atoms with E-state index in [1.807, 2.05) is 121 Å². The summed E-state index contributed by atoms with van der Waals surface area (Å²) >= 11 is 0. The number of fused-ring (bicyclic) bond motifs is 23. The highest BCUT2D eigenvalue weighted by atomic mass is 15.2. The van der Waals surface area contributed by atoms with Gasteiger partial charge in [-0.15, -0.1) is 0 Å². The Morgan fingerprint density at radius 1 is 0.154 bits per heavy atom. The molecule has 0 spiro atoms. The van der Waals surface area contributed by atoms with Gasteiger partial charge in [-0.3, -0.25) is 9.13 Å². The van der Waals surface area contributed by atoms with Crippen LogP contribution < -0.4 is 0 Å². The molecule has 0 aliphatic rings. The lowest BCUT2D eigenvalue weighted by Crippen LogP contribution is -2.04. The fourth-order valence-electron chi connectivity index (χ4n) is 21.2. The summed E-state index contributed by atoms with van der Waals surface area (Å²) < 4.78 is 6.95. The monoisotopic (exact) mass is 1820 g/mol. The molecule has 0 aliphatic carbocycles. The van der Waals surface area contributed by atoms with E-state index in [9.17, 15) is 0 Å². The van der Waals surface area contributed by atoms with Crippen molar-refractivity contribution in [2.75, 3.05) is 0 Å². The molecule has 29 rings (SSSR count). The number of hydrogen-bond donors (Lipinski definition) is 0. The summed E-state index contributed by atoms with van der Waals surface area (Å²) in [5.74, 6) is 4.03. The lowest BCUT2D eigenvalue weighted by Gasteiger charge is -2.14. The zero-order valence-electron chi connectivity index (χ0n) is 77.2. The van der Waals surface area contributed by atoms with Crippen molar-refractivity contribution >= 4 is 152 Å². The van der Waals surface area contributed by atoms with E-state index < -0.39 is 0 Å². The molecular weight excluding hydrogens is 1740 g/mol. The van der Waals surface area contributed by atoms with Gasteiger partial charge in [-0.05, 0) is 167 Å². The summed E-state index contributed by atoms with van der Waals surface area (Å²) in [6, 6.07) is 174. The van der Waals surface area contributed by atoms with E-state index in [0.717, 1.165) is 145 Å². The normalized spacial score (nSPS) is 11.6. The molecule has 0 saturated heterocycles. The van der Waals surface area contributed by atoms with Crippen LogP contribution in [0.5, 0.6) is 0 Å². The maximum atomic E-state index is 5.33. The number of aromatic nitrogens is 12. The van der Waals surface area contributed by atoms with Crippen molar-refractivity contribution in [2.45, 2.75) is 0 Å². The predicted molar refractivity (Wildman–Crippen MR) is 591 cm³/mol. The lowest BCUT2D eigenvalue weighted by molar-refractivity contribution is 1.01. The third-order valence-corrected chi connectivity index (χ3v) is 27.8. The molecule has 0 amide bonds. The summed E-state index contributed by atoms with van der Waals surface area (Å²) in [5.41, 5.74) is 22.9. The molecule has 0 radical (unpaired) electrons. The molecule has 21 aromatic carbocycles. The van der Waals surface area contributed by atoms with E-state index in [1.165, 1.54) is 97.0 Å². The molecule has 0 bridgehead atoms. The molecule has 29 aromatic rings. The molecule has 666 valence electrons. The van der Waals surface area contributed by atoms with Crippen LogP contribution in [0.1, 0.15) is 0 Å². The standard InChI is InChI=1S/C47H30N4.C45H28N4.C39H24N4/c1-4-14-31(15-5-1)36-28-37(47-49-45(34-18-6-2-7-19-34)48-46(50-47)35-20-8-3-9-21-35)30-38(29-36)51-41-26-24-32-16-10-12-22-39(32)43(41)44-40-23-13-11-17-33(40)25-27-42(44)51;1-3-15-31(16-4-1)38-28-39(32-17-5-2-6-18-32)48-45(47-38)36-27-42(46-37-22-12-11-21-35(36)37)49-40-25-23-29-13-7-9-19-33(29)43(40)44-34-20-10-8-14-30(34)24-26-41(44)49;1-2-13-27(14-3-1)31-19-10-20-33(40-31)38-30-17-8-9-18-32(30)41-39(42-38)43-34-23-21-25-11-4-6-15-28(25)36(34)37-29-16-7-5-12-26(29)22-24-35(37)43/h1-30H;1-28H;1-24H. The van der Waals surface area contributed by atoms with Crippen LogP contribution >= 0.6 is 0 Å². The van der Waals surface area contributed by atoms with Crippen LogP contribution in [0.2, 0.25) is 0 Å². The SMILES string of the molecule is c1ccc(-c2cc(-c3ccccc3)nc(-c3cc(-n4c5ccc6ccccc6c5c5c6ccccc6ccc54)nc4ccccc34)n2)cc1.c1ccc(-c2cc(-c3nc(-c4ccccc4)nc(-c4ccccc4)n3)cc(-n3c4ccc5ccccc5c4c4c5ccccc5ccc43)c2)cc1.c1ccc(-c2cccc(-c3nc(-n4c5ccc6ccccc6c5c5c6ccccc6ccc54)nc4ccccc34)n2)cc1.